The molecule has 2 rings (SSSR count). The number of carbonyl (C=O) groups is 1. The second-order valence-corrected chi connectivity index (χ2v) is 4.58. The lowest BCUT2D eigenvalue weighted by Crippen LogP contribution is -2.14. The van der Waals surface area contributed by atoms with Crippen molar-refractivity contribution in [3.63, 3.8) is 0 Å². The maximum absolute atomic E-state index is 11.6. The summed E-state index contributed by atoms with van der Waals surface area (Å²) in [6, 6.07) is 13.7. The van der Waals surface area contributed by atoms with Crippen LogP contribution in [0.25, 0.3) is 0 Å². The van der Waals surface area contributed by atoms with Gasteiger partial charge < -0.3 is 9.47 Å². The molecule has 0 spiro atoms. The van der Waals surface area contributed by atoms with E-state index in [0.29, 0.717) is 15.2 Å². The summed E-state index contributed by atoms with van der Waals surface area (Å²) >= 11 is 9.13. The van der Waals surface area contributed by atoms with Crippen molar-refractivity contribution in [1.29, 1.82) is 0 Å². The predicted octanol–water partition coefficient (Wildman–Crippen LogP) is 4.68. The molecule has 0 aliphatic heterocycles. The molecular weight excluding hydrogens is 319 g/mol. The topological polar surface area (TPSA) is 35.5 Å². The van der Waals surface area contributed by atoms with Gasteiger partial charge in [-0.3, -0.25) is 0 Å². The smallest absolute Gasteiger partial charge is 0.394 e. The fourth-order valence-electron chi connectivity index (χ4n) is 1.26. The summed E-state index contributed by atoms with van der Waals surface area (Å²) in [6.07, 6.45) is -0.838. The van der Waals surface area contributed by atoms with E-state index in [4.69, 9.17) is 21.1 Å². The van der Waals surface area contributed by atoms with Gasteiger partial charge in [0.2, 0.25) is 0 Å². The van der Waals surface area contributed by atoms with Gasteiger partial charge in [-0.1, -0.05) is 35.9 Å². The summed E-state index contributed by atoms with van der Waals surface area (Å²) in [5, 5.41) is 0.349. The average molecular weight is 328 g/mol. The van der Waals surface area contributed by atoms with Gasteiger partial charge in [-0.15, -0.1) is 0 Å². The third kappa shape index (κ3) is 3.24. The molecule has 0 bridgehead atoms. The highest BCUT2D eigenvalue weighted by molar-refractivity contribution is 9.10. The molecule has 5 heteroatoms. The van der Waals surface area contributed by atoms with E-state index in [1.807, 2.05) is 6.07 Å². The molecule has 0 aliphatic carbocycles. The Bertz CT molecular complexity index is 522. The molecule has 0 heterocycles. The zero-order valence-electron chi connectivity index (χ0n) is 9.10. The van der Waals surface area contributed by atoms with Crippen LogP contribution in [0.1, 0.15) is 0 Å². The molecule has 0 N–H and O–H groups in total. The molecule has 3 nitrogen and oxygen atoms in total. The number of benzene rings is 2. The van der Waals surface area contributed by atoms with Crippen LogP contribution in [0.15, 0.2) is 53.0 Å². The maximum Gasteiger partial charge on any atom is 0.519 e. The fraction of sp³-hybridized carbons (Fsp3) is 0. The molecule has 0 radical (unpaired) electrons. The number of ether oxygens (including phenoxy) is 2. The van der Waals surface area contributed by atoms with Crippen LogP contribution >= 0.6 is 27.5 Å². The molecule has 0 saturated heterocycles. The van der Waals surface area contributed by atoms with Crippen LogP contribution in [0.3, 0.4) is 0 Å². The largest absolute Gasteiger partial charge is 0.519 e. The van der Waals surface area contributed by atoms with Crippen molar-refractivity contribution in [2.24, 2.45) is 0 Å². The van der Waals surface area contributed by atoms with E-state index < -0.39 is 6.16 Å². The van der Waals surface area contributed by atoms with Gasteiger partial charge in [-0.25, -0.2) is 4.79 Å². The normalized spacial score (nSPS) is 9.89. The molecular formula is C13H8BrClO3. The lowest BCUT2D eigenvalue weighted by Gasteiger charge is -2.07. The van der Waals surface area contributed by atoms with Crippen LogP contribution in [0.2, 0.25) is 5.02 Å². The predicted molar refractivity (Wildman–Crippen MR) is 72.2 cm³/mol. The summed E-state index contributed by atoms with van der Waals surface area (Å²) in [4.78, 5) is 11.6. The lowest BCUT2D eigenvalue weighted by atomic mass is 10.3. The molecule has 92 valence electrons. The quantitative estimate of drug-likeness (QED) is 0.593. The Kier molecular flexibility index (Phi) is 4.23. The number of hydrogen-bond acceptors (Lipinski definition) is 3. The summed E-state index contributed by atoms with van der Waals surface area (Å²) in [5.74, 6) is 0.644. The van der Waals surface area contributed by atoms with Gasteiger partial charge in [0, 0.05) is 0 Å². The fourth-order valence-corrected chi connectivity index (χ4v) is 1.80. The first-order chi connectivity index (χ1) is 8.66. The van der Waals surface area contributed by atoms with Crippen molar-refractivity contribution >= 4 is 33.7 Å². The van der Waals surface area contributed by atoms with E-state index in [2.05, 4.69) is 15.9 Å². The molecule has 0 fully saturated rings. The van der Waals surface area contributed by atoms with Crippen LogP contribution in [-0.4, -0.2) is 6.16 Å². The average Bonchev–Trinajstić information content (AvgIpc) is 2.35. The zero-order valence-corrected chi connectivity index (χ0v) is 11.4. The third-order valence-corrected chi connectivity index (χ3v) is 3.03. The van der Waals surface area contributed by atoms with Gasteiger partial charge in [-0.05, 0) is 40.2 Å². The molecule has 0 saturated carbocycles. The molecule has 0 unspecified atom stereocenters. The van der Waals surface area contributed by atoms with Gasteiger partial charge in [0.05, 0.1) is 9.50 Å². The highest BCUT2D eigenvalue weighted by Crippen LogP contribution is 2.26. The summed E-state index contributed by atoms with van der Waals surface area (Å²) < 4.78 is 10.7. The van der Waals surface area contributed by atoms with Crippen molar-refractivity contribution in [3.05, 3.63) is 58.0 Å². The molecule has 0 aromatic heterocycles. The second kappa shape index (κ2) is 5.89. The van der Waals surface area contributed by atoms with Crippen molar-refractivity contribution in [2.45, 2.75) is 0 Å². The van der Waals surface area contributed by atoms with Crippen molar-refractivity contribution in [3.8, 4) is 11.5 Å². The first kappa shape index (κ1) is 12.9. The first-order valence-corrected chi connectivity index (χ1v) is 6.22. The Labute approximate surface area is 117 Å². The van der Waals surface area contributed by atoms with E-state index in [9.17, 15) is 4.79 Å². The van der Waals surface area contributed by atoms with Crippen LogP contribution in [0, 0.1) is 0 Å². The van der Waals surface area contributed by atoms with Crippen LogP contribution in [0.4, 0.5) is 4.79 Å². The van der Waals surface area contributed by atoms with Crippen molar-refractivity contribution in [1.82, 2.24) is 0 Å². The highest BCUT2D eigenvalue weighted by atomic mass is 79.9. The zero-order chi connectivity index (χ0) is 13.0. The van der Waals surface area contributed by atoms with Crippen molar-refractivity contribution < 1.29 is 14.3 Å². The van der Waals surface area contributed by atoms with Crippen LogP contribution in [0.5, 0.6) is 11.5 Å². The highest BCUT2D eigenvalue weighted by Gasteiger charge is 2.11. The Morgan fingerprint density at radius 1 is 0.944 bits per heavy atom. The van der Waals surface area contributed by atoms with Gasteiger partial charge in [0.15, 0.2) is 5.75 Å². The third-order valence-electron chi connectivity index (χ3n) is 2.06. The standard InChI is InChI=1S/C13H8BrClO3/c14-9-5-1-3-7-11(9)17-13(16)18-12-8-4-2-6-10(12)15/h1-8H. The van der Waals surface area contributed by atoms with Gasteiger partial charge in [0.1, 0.15) is 5.75 Å². The summed E-state index contributed by atoms with van der Waals surface area (Å²) in [6.45, 7) is 0. The maximum atomic E-state index is 11.6. The second-order valence-electron chi connectivity index (χ2n) is 3.31. The number of hydrogen-bond donors (Lipinski definition) is 0. The Balaban J connectivity index is 2.06. The van der Waals surface area contributed by atoms with Gasteiger partial charge in [-0.2, -0.15) is 0 Å². The molecule has 0 atom stereocenters. The number of carbonyl (C=O) groups excluding carboxylic acids is 1. The van der Waals surface area contributed by atoms with E-state index >= 15 is 0 Å². The molecule has 0 aliphatic rings. The molecule has 2 aromatic rings. The summed E-state index contributed by atoms with van der Waals surface area (Å²) in [5.41, 5.74) is 0. The summed E-state index contributed by atoms with van der Waals surface area (Å²) in [7, 11) is 0. The van der Waals surface area contributed by atoms with Gasteiger partial charge in [0.25, 0.3) is 0 Å². The Hall–Kier alpha value is -1.52. The van der Waals surface area contributed by atoms with E-state index in [0.717, 1.165) is 0 Å². The van der Waals surface area contributed by atoms with Crippen LogP contribution < -0.4 is 9.47 Å². The van der Waals surface area contributed by atoms with Crippen LogP contribution in [-0.2, 0) is 0 Å². The molecule has 0 amide bonds. The SMILES string of the molecule is O=C(Oc1ccccc1Cl)Oc1ccccc1Br. The Morgan fingerprint density at radius 2 is 1.50 bits per heavy atom. The monoisotopic (exact) mass is 326 g/mol. The van der Waals surface area contributed by atoms with E-state index in [1.165, 1.54) is 0 Å². The lowest BCUT2D eigenvalue weighted by molar-refractivity contribution is 0.151. The number of halogens is 2. The molecule has 18 heavy (non-hydrogen) atoms. The minimum Gasteiger partial charge on any atom is -0.394 e. The van der Waals surface area contributed by atoms with E-state index in [-0.39, 0.29) is 5.75 Å². The first-order valence-electron chi connectivity index (χ1n) is 5.05. The Morgan fingerprint density at radius 3 is 2.17 bits per heavy atom. The minimum atomic E-state index is -0.838. The number of para-hydroxylation sites is 2. The van der Waals surface area contributed by atoms with Crippen molar-refractivity contribution in [2.75, 3.05) is 0 Å². The van der Waals surface area contributed by atoms with E-state index in [1.54, 1.807) is 42.5 Å². The number of rotatable bonds is 2. The minimum absolute atomic E-state index is 0.260. The van der Waals surface area contributed by atoms with Gasteiger partial charge >= 0.3 is 6.16 Å². The molecule has 2 aromatic carbocycles.